The van der Waals surface area contributed by atoms with Gasteiger partial charge in [-0.3, -0.25) is 0 Å². The molecule has 0 radical (unpaired) electrons. The highest BCUT2D eigenvalue weighted by Crippen LogP contribution is 2.64. The molecule has 4 rings (SSSR count). The molecule has 0 unspecified atom stereocenters. The highest BCUT2D eigenvalue weighted by atomic mass is 14.6. The SMILES string of the molecule is C[C@]12CC=CC[C@@H]1CC[C@@H]1[C@@H]2CC[C@]2(C)C=CC[C@@H]12. The third-order valence-electron chi connectivity index (χ3n) is 7.54. The largest absolute Gasteiger partial charge is 0.0882 e. The van der Waals surface area contributed by atoms with Crippen molar-refractivity contribution in [1.82, 2.24) is 0 Å². The van der Waals surface area contributed by atoms with Crippen LogP contribution in [0.5, 0.6) is 0 Å². The lowest BCUT2D eigenvalue weighted by atomic mass is 9.46. The molecule has 0 N–H and O–H groups in total. The number of rotatable bonds is 0. The molecular weight excluding hydrogens is 228 g/mol. The molecule has 6 atom stereocenters. The molecular formula is C19H28. The van der Waals surface area contributed by atoms with E-state index in [0.29, 0.717) is 10.8 Å². The normalized spacial score (nSPS) is 55.5. The lowest BCUT2D eigenvalue weighted by Crippen LogP contribution is -2.51. The van der Waals surface area contributed by atoms with E-state index in [4.69, 9.17) is 0 Å². The molecule has 0 aromatic heterocycles. The zero-order valence-corrected chi connectivity index (χ0v) is 12.6. The van der Waals surface area contributed by atoms with Gasteiger partial charge in [-0.15, -0.1) is 0 Å². The Morgan fingerprint density at radius 2 is 1.79 bits per heavy atom. The molecule has 4 aliphatic carbocycles. The fraction of sp³-hybridized carbons (Fsp3) is 0.789. The molecule has 0 nitrogen and oxygen atoms in total. The van der Waals surface area contributed by atoms with E-state index in [2.05, 4.69) is 38.2 Å². The van der Waals surface area contributed by atoms with Crippen LogP contribution in [-0.4, -0.2) is 0 Å². The summed E-state index contributed by atoms with van der Waals surface area (Å²) in [7, 11) is 0. The number of hydrogen-bond acceptors (Lipinski definition) is 0. The van der Waals surface area contributed by atoms with E-state index < -0.39 is 0 Å². The van der Waals surface area contributed by atoms with E-state index in [-0.39, 0.29) is 0 Å². The third-order valence-corrected chi connectivity index (χ3v) is 7.54. The highest BCUT2D eigenvalue weighted by molar-refractivity contribution is 5.17. The fourth-order valence-electron chi connectivity index (χ4n) is 6.32. The minimum absolute atomic E-state index is 0.550. The maximum Gasteiger partial charge on any atom is -0.0112 e. The van der Waals surface area contributed by atoms with Gasteiger partial charge in [0.05, 0.1) is 0 Å². The Hall–Kier alpha value is -0.520. The van der Waals surface area contributed by atoms with Crippen LogP contribution in [-0.2, 0) is 0 Å². The predicted molar refractivity (Wildman–Crippen MR) is 80.8 cm³/mol. The Balaban J connectivity index is 1.67. The number of fused-ring (bicyclic) bond motifs is 5. The van der Waals surface area contributed by atoms with Gasteiger partial charge in [0.15, 0.2) is 0 Å². The van der Waals surface area contributed by atoms with Gasteiger partial charge in [-0.05, 0) is 79.4 Å². The molecule has 0 saturated heterocycles. The number of hydrogen-bond donors (Lipinski definition) is 0. The molecule has 0 heteroatoms. The van der Waals surface area contributed by atoms with E-state index in [0.717, 1.165) is 23.7 Å². The first-order valence-electron chi connectivity index (χ1n) is 8.46. The van der Waals surface area contributed by atoms with Crippen molar-refractivity contribution < 1.29 is 0 Å². The Bertz CT molecular complexity index is 431. The average Bonchev–Trinajstić information content (AvgIpc) is 2.79. The smallest absolute Gasteiger partial charge is 0.0112 e. The number of allylic oxidation sites excluding steroid dienone is 4. The van der Waals surface area contributed by atoms with Gasteiger partial charge in [0.2, 0.25) is 0 Å². The first-order valence-corrected chi connectivity index (χ1v) is 8.46. The average molecular weight is 256 g/mol. The van der Waals surface area contributed by atoms with Gasteiger partial charge in [-0.2, -0.15) is 0 Å². The summed E-state index contributed by atoms with van der Waals surface area (Å²) in [6.45, 7) is 5.16. The van der Waals surface area contributed by atoms with Crippen LogP contribution >= 0.6 is 0 Å². The zero-order valence-electron chi connectivity index (χ0n) is 12.6. The van der Waals surface area contributed by atoms with E-state index in [9.17, 15) is 0 Å². The van der Waals surface area contributed by atoms with Gasteiger partial charge in [0, 0.05) is 0 Å². The summed E-state index contributed by atoms with van der Waals surface area (Å²) in [4.78, 5) is 0. The Morgan fingerprint density at radius 1 is 0.895 bits per heavy atom. The molecule has 0 aliphatic heterocycles. The summed E-state index contributed by atoms with van der Waals surface area (Å²) in [5.74, 6) is 3.98. The van der Waals surface area contributed by atoms with Crippen molar-refractivity contribution >= 4 is 0 Å². The molecule has 0 heterocycles. The molecule has 0 amide bonds. The van der Waals surface area contributed by atoms with Crippen molar-refractivity contribution in [3.63, 3.8) is 0 Å². The lowest BCUT2D eigenvalue weighted by molar-refractivity contribution is -0.0801. The van der Waals surface area contributed by atoms with Gasteiger partial charge in [-0.1, -0.05) is 38.2 Å². The van der Waals surface area contributed by atoms with Crippen LogP contribution < -0.4 is 0 Å². The van der Waals surface area contributed by atoms with E-state index >= 15 is 0 Å². The van der Waals surface area contributed by atoms with Crippen LogP contribution in [0.2, 0.25) is 0 Å². The van der Waals surface area contributed by atoms with Gasteiger partial charge < -0.3 is 0 Å². The zero-order chi connectivity index (χ0) is 13.1. The second-order valence-corrected chi connectivity index (χ2v) is 8.25. The standard InChI is InChI=1S/C19H28/c1-18-11-5-7-16(18)15-9-8-14-6-3-4-12-19(14,2)17(15)10-13-18/h3-5,11,14-17H,6-10,12-13H2,1-2H3/t14-,15+,16+,17+,18+,19+/m1/s1. The predicted octanol–water partition coefficient (Wildman–Crippen LogP) is 5.36. The Kier molecular flexibility index (Phi) is 2.57. The van der Waals surface area contributed by atoms with Crippen molar-refractivity contribution in [1.29, 1.82) is 0 Å². The molecule has 2 fully saturated rings. The van der Waals surface area contributed by atoms with Crippen molar-refractivity contribution in [2.45, 2.75) is 58.8 Å². The Labute approximate surface area is 118 Å². The minimum atomic E-state index is 0.550. The molecule has 4 aliphatic rings. The van der Waals surface area contributed by atoms with Crippen molar-refractivity contribution in [2.24, 2.45) is 34.5 Å². The lowest BCUT2D eigenvalue weighted by Gasteiger charge is -2.59. The first-order chi connectivity index (χ1) is 9.13. The van der Waals surface area contributed by atoms with Gasteiger partial charge in [-0.25, -0.2) is 0 Å². The van der Waals surface area contributed by atoms with Crippen LogP contribution in [0.15, 0.2) is 24.3 Å². The summed E-state index contributed by atoms with van der Waals surface area (Å²) in [6.07, 6.45) is 20.0. The third kappa shape index (κ3) is 1.58. The maximum absolute atomic E-state index is 2.63. The summed E-state index contributed by atoms with van der Waals surface area (Å²) in [5.41, 5.74) is 1.18. The summed E-state index contributed by atoms with van der Waals surface area (Å²) in [5, 5.41) is 0. The van der Waals surface area contributed by atoms with Gasteiger partial charge >= 0.3 is 0 Å². The minimum Gasteiger partial charge on any atom is -0.0882 e. The molecule has 0 bridgehead atoms. The summed E-state index contributed by atoms with van der Waals surface area (Å²) in [6, 6.07) is 0. The van der Waals surface area contributed by atoms with Crippen LogP contribution in [0.25, 0.3) is 0 Å². The Morgan fingerprint density at radius 3 is 2.68 bits per heavy atom. The quantitative estimate of drug-likeness (QED) is 0.512. The first kappa shape index (κ1) is 12.2. The molecule has 19 heavy (non-hydrogen) atoms. The van der Waals surface area contributed by atoms with E-state index in [1.54, 1.807) is 0 Å². The molecule has 0 aromatic rings. The van der Waals surface area contributed by atoms with Gasteiger partial charge in [0.25, 0.3) is 0 Å². The monoisotopic (exact) mass is 256 g/mol. The van der Waals surface area contributed by atoms with Crippen LogP contribution in [0.1, 0.15) is 58.8 Å². The molecule has 0 aromatic carbocycles. The van der Waals surface area contributed by atoms with Crippen molar-refractivity contribution in [2.75, 3.05) is 0 Å². The van der Waals surface area contributed by atoms with E-state index in [1.165, 1.54) is 44.9 Å². The fourth-order valence-corrected chi connectivity index (χ4v) is 6.32. The second-order valence-electron chi connectivity index (χ2n) is 8.25. The molecule has 2 saturated carbocycles. The second kappa shape index (κ2) is 3.99. The topological polar surface area (TPSA) is 0 Å². The van der Waals surface area contributed by atoms with Crippen LogP contribution in [0.4, 0.5) is 0 Å². The van der Waals surface area contributed by atoms with Crippen molar-refractivity contribution in [3.05, 3.63) is 24.3 Å². The molecule has 104 valence electrons. The highest BCUT2D eigenvalue weighted by Gasteiger charge is 2.55. The van der Waals surface area contributed by atoms with Crippen LogP contribution in [0.3, 0.4) is 0 Å². The summed E-state index contributed by atoms with van der Waals surface area (Å²) < 4.78 is 0. The summed E-state index contributed by atoms with van der Waals surface area (Å²) >= 11 is 0. The van der Waals surface area contributed by atoms with Gasteiger partial charge in [0.1, 0.15) is 0 Å². The molecule has 0 spiro atoms. The van der Waals surface area contributed by atoms with E-state index in [1.807, 2.05) is 0 Å². The maximum atomic E-state index is 2.63. The van der Waals surface area contributed by atoms with Crippen LogP contribution in [0, 0.1) is 34.5 Å². The van der Waals surface area contributed by atoms with Crippen molar-refractivity contribution in [3.8, 4) is 0 Å².